The standard InChI is InChI=1S/C24H25N3O4/c1-16(28)26-8-10-27(11-9-26)24(29)13-19(17-6-7-22-23(12-17)31-15-30-22)20-14-25-21-5-3-2-4-18(20)21/h2-7,12,14,19,25H,8-11,13,15H2,1H3/t19-/m0/s1. The van der Waals surface area contributed by atoms with E-state index in [9.17, 15) is 9.59 Å². The van der Waals surface area contributed by atoms with Crippen LogP contribution < -0.4 is 9.47 Å². The van der Waals surface area contributed by atoms with Crippen molar-refractivity contribution in [3.8, 4) is 11.5 Å². The number of aromatic amines is 1. The third-order valence-electron chi connectivity index (χ3n) is 6.25. The van der Waals surface area contributed by atoms with Gasteiger partial charge in [-0.15, -0.1) is 0 Å². The number of rotatable bonds is 4. The molecule has 7 heteroatoms. The first-order valence-electron chi connectivity index (χ1n) is 10.6. The van der Waals surface area contributed by atoms with Crippen molar-refractivity contribution in [3.05, 3.63) is 59.8 Å². The van der Waals surface area contributed by atoms with Gasteiger partial charge in [0.1, 0.15) is 0 Å². The molecule has 0 bridgehead atoms. The topological polar surface area (TPSA) is 74.9 Å². The molecule has 3 heterocycles. The van der Waals surface area contributed by atoms with Gasteiger partial charge in [-0.05, 0) is 29.3 Å². The molecule has 3 aromatic rings. The maximum absolute atomic E-state index is 13.3. The van der Waals surface area contributed by atoms with Gasteiger partial charge in [0, 0.05) is 62.5 Å². The van der Waals surface area contributed by atoms with Crippen LogP contribution in [0.3, 0.4) is 0 Å². The normalized spacial score (nSPS) is 16.5. The molecule has 5 rings (SSSR count). The first kappa shape index (κ1) is 19.5. The summed E-state index contributed by atoms with van der Waals surface area (Å²) >= 11 is 0. The molecule has 0 spiro atoms. The first-order valence-corrected chi connectivity index (χ1v) is 10.6. The molecule has 160 valence electrons. The van der Waals surface area contributed by atoms with Crippen LogP contribution in [0, 0.1) is 0 Å². The van der Waals surface area contributed by atoms with Crippen molar-refractivity contribution < 1.29 is 19.1 Å². The number of aromatic nitrogens is 1. The van der Waals surface area contributed by atoms with Crippen LogP contribution in [0.4, 0.5) is 0 Å². The molecule has 0 aliphatic carbocycles. The van der Waals surface area contributed by atoms with E-state index in [1.165, 1.54) is 0 Å². The van der Waals surface area contributed by atoms with Crippen molar-refractivity contribution in [2.45, 2.75) is 19.3 Å². The number of carbonyl (C=O) groups excluding carboxylic acids is 2. The number of ether oxygens (including phenoxy) is 2. The van der Waals surface area contributed by atoms with Crippen molar-refractivity contribution in [1.82, 2.24) is 14.8 Å². The fourth-order valence-corrected chi connectivity index (χ4v) is 4.49. The Morgan fingerprint density at radius 2 is 1.74 bits per heavy atom. The van der Waals surface area contributed by atoms with E-state index in [-0.39, 0.29) is 24.5 Å². The van der Waals surface area contributed by atoms with Crippen molar-refractivity contribution in [1.29, 1.82) is 0 Å². The summed E-state index contributed by atoms with van der Waals surface area (Å²) < 4.78 is 11.1. The highest BCUT2D eigenvalue weighted by molar-refractivity contribution is 5.86. The summed E-state index contributed by atoms with van der Waals surface area (Å²) in [4.78, 5) is 31.9. The Kier molecular flexibility index (Phi) is 5.02. The Labute approximate surface area is 180 Å². The molecule has 0 saturated carbocycles. The number of H-pyrrole nitrogens is 1. The number of nitrogens with zero attached hydrogens (tertiary/aromatic N) is 2. The number of carbonyl (C=O) groups is 2. The molecule has 31 heavy (non-hydrogen) atoms. The lowest BCUT2D eigenvalue weighted by Crippen LogP contribution is -2.50. The van der Waals surface area contributed by atoms with Gasteiger partial charge in [-0.3, -0.25) is 9.59 Å². The Morgan fingerprint density at radius 3 is 2.55 bits per heavy atom. The average Bonchev–Trinajstić information content (AvgIpc) is 3.44. The second-order valence-electron chi connectivity index (χ2n) is 8.05. The van der Waals surface area contributed by atoms with E-state index >= 15 is 0 Å². The molecule has 1 aromatic heterocycles. The molecule has 2 aliphatic heterocycles. The number of para-hydroxylation sites is 1. The lowest BCUT2D eigenvalue weighted by molar-refractivity contribution is -0.138. The van der Waals surface area contributed by atoms with E-state index in [0.717, 1.165) is 27.8 Å². The molecule has 1 fully saturated rings. The molecular weight excluding hydrogens is 394 g/mol. The van der Waals surface area contributed by atoms with Crippen LogP contribution in [-0.4, -0.2) is 59.6 Å². The summed E-state index contributed by atoms with van der Waals surface area (Å²) in [5.41, 5.74) is 3.15. The fraction of sp³-hybridized carbons (Fsp3) is 0.333. The number of nitrogens with one attached hydrogen (secondary N) is 1. The first-order chi connectivity index (χ1) is 15.1. The summed E-state index contributed by atoms with van der Waals surface area (Å²) in [5, 5.41) is 1.11. The van der Waals surface area contributed by atoms with Gasteiger partial charge in [-0.2, -0.15) is 0 Å². The van der Waals surface area contributed by atoms with Gasteiger partial charge in [0.25, 0.3) is 0 Å². The zero-order valence-electron chi connectivity index (χ0n) is 17.5. The van der Waals surface area contributed by atoms with Crippen molar-refractivity contribution in [2.75, 3.05) is 33.0 Å². The smallest absolute Gasteiger partial charge is 0.231 e. The molecule has 0 unspecified atom stereocenters. The van der Waals surface area contributed by atoms with E-state index in [0.29, 0.717) is 38.3 Å². The molecule has 1 saturated heterocycles. The number of hydrogen-bond donors (Lipinski definition) is 1. The largest absolute Gasteiger partial charge is 0.454 e. The quantitative estimate of drug-likeness (QED) is 0.705. The zero-order chi connectivity index (χ0) is 21.4. The maximum atomic E-state index is 13.3. The van der Waals surface area contributed by atoms with E-state index < -0.39 is 0 Å². The molecule has 1 N–H and O–H groups in total. The fourth-order valence-electron chi connectivity index (χ4n) is 4.49. The van der Waals surface area contributed by atoms with Crippen LogP contribution >= 0.6 is 0 Å². The van der Waals surface area contributed by atoms with Gasteiger partial charge in [0.05, 0.1) is 0 Å². The van der Waals surface area contributed by atoms with E-state index in [2.05, 4.69) is 11.1 Å². The van der Waals surface area contributed by atoms with Crippen LogP contribution in [0.15, 0.2) is 48.7 Å². The summed E-state index contributed by atoms with van der Waals surface area (Å²) in [5.74, 6) is 1.47. The van der Waals surface area contributed by atoms with Crippen molar-refractivity contribution in [2.24, 2.45) is 0 Å². The molecular formula is C24H25N3O4. The molecule has 0 radical (unpaired) electrons. The van der Waals surface area contributed by atoms with Crippen LogP contribution in [0.5, 0.6) is 11.5 Å². The van der Waals surface area contributed by atoms with Crippen LogP contribution in [0.1, 0.15) is 30.4 Å². The summed E-state index contributed by atoms with van der Waals surface area (Å²) in [6.45, 7) is 4.10. The molecule has 1 atom stereocenters. The molecule has 2 aliphatic rings. The molecule has 2 aromatic carbocycles. The number of benzene rings is 2. The molecule has 2 amide bonds. The van der Waals surface area contributed by atoms with Gasteiger partial charge >= 0.3 is 0 Å². The predicted molar refractivity (Wildman–Crippen MR) is 116 cm³/mol. The minimum atomic E-state index is -0.121. The number of piperazine rings is 1. The van der Waals surface area contributed by atoms with E-state index in [4.69, 9.17) is 9.47 Å². The van der Waals surface area contributed by atoms with Crippen LogP contribution in [0.2, 0.25) is 0 Å². The minimum absolute atomic E-state index is 0.0594. The van der Waals surface area contributed by atoms with E-state index in [1.54, 1.807) is 11.8 Å². The third-order valence-corrected chi connectivity index (χ3v) is 6.25. The second kappa shape index (κ2) is 7.98. The Morgan fingerprint density at radius 1 is 1.00 bits per heavy atom. The third kappa shape index (κ3) is 3.71. The lowest BCUT2D eigenvalue weighted by Gasteiger charge is -2.35. The number of fused-ring (bicyclic) bond motifs is 2. The highest BCUT2D eigenvalue weighted by atomic mass is 16.7. The Bertz CT molecular complexity index is 1130. The number of hydrogen-bond acceptors (Lipinski definition) is 4. The van der Waals surface area contributed by atoms with E-state index in [1.807, 2.05) is 47.5 Å². The lowest BCUT2D eigenvalue weighted by atomic mass is 9.87. The zero-order valence-corrected chi connectivity index (χ0v) is 17.5. The summed E-state index contributed by atoms with van der Waals surface area (Å²) in [6, 6.07) is 14.0. The van der Waals surface area contributed by atoms with Crippen LogP contribution in [0.25, 0.3) is 10.9 Å². The van der Waals surface area contributed by atoms with Gasteiger partial charge < -0.3 is 24.3 Å². The van der Waals surface area contributed by atoms with Gasteiger partial charge in [0.15, 0.2) is 11.5 Å². The monoisotopic (exact) mass is 419 g/mol. The number of amides is 2. The van der Waals surface area contributed by atoms with Gasteiger partial charge in [-0.25, -0.2) is 0 Å². The molecule has 7 nitrogen and oxygen atoms in total. The maximum Gasteiger partial charge on any atom is 0.231 e. The SMILES string of the molecule is CC(=O)N1CCN(C(=O)C[C@@H](c2ccc3c(c2)OCO3)c2c[nH]c3ccccc23)CC1. The Balaban J connectivity index is 1.45. The van der Waals surface area contributed by atoms with Crippen molar-refractivity contribution in [3.63, 3.8) is 0 Å². The highest BCUT2D eigenvalue weighted by Gasteiger charge is 2.28. The Hall–Kier alpha value is -3.48. The predicted octanol–water partition coefficient (Wildman–Crippen LogP) is 3.11. The summed E-state index contributed by atoms with van der Waals surface area (Å²) in [7, 11) is 0. The van der Waals surface area contributed by atoms with Gasteiger partial charge in [-0.1, -0.05) is 24.3 Å². The van der Waals surface area contributed by atoms with Crippen molar-refractivity contribution >= 4 is 22.7 Å². The second-order valence-corrected chi connectivity index (χ2v) is 8.05. The van der Waals surface area contributed by atoms with Gasteiger partial charge in [0.2, 0.25) is 18.6 Å². The minimum Gasteiger partial charge on any atom is -0.454 e. The van der Waals surface area contributed by atoms with Crippen LogP contribution in [-0.2, 0) is 9.59 Å². The average molecular weight is 419 g/mol. The summed E-state index contributed by atoms with van der Waals surface area (Å²) in [6.07, 6.45) is 2.35. The highest BCUT2D eigenvalue weighted by Crippen LogP contribution is 2.39.